The third-order valence-corrected chi connectivity index (χ3v) is 6.32. The lowest BCUT2D eigenvalue weighted by Gasteiger charge is -2.23. The number of nitrogens with one attached hydrogen (secondary N) is 1. The van der Waals surface area contributed by atoms with Crippen molar-refractivity contribution in [2.45, 2.75) is 57.5 Å². The van der Waals surface area contributed by atoms with Crippen LogP contribution in [0.3, 0.4) is 0 Å². The van der Waals surface area contributed by atoms with Crippen molar-refractivity contribution in [3.05, 3.63) is 59.1 Å². The van der Waals surface area contributed by atoms with Gasteiger partial charge in [0, 0.05) is 18.0 Å². The SMILES string of the molecule is O=C(NC1CCCCC1)c1cc2ccsc2n1CCCc1ccccc1. The Hall–Kier alpha value is -2.07. The summed E-state index contributed by atoms with van der Waals surface area (Å²) in [6.07, 6.45) is 8.09. The number of carbonyl (C=O) groups is 1. The topological polar surface area (TPSA) is 34.0 Å². The van der Waals surface area contributed by atoms with E-state index in [9.17, 15) is 4.79 Å². The Morgan fingerprint density at radius 3 is 2.73 bits per heavy atom. The van der Waals surface area contributed by atoms with Crippen molar-refractivity contribution in [1.82, 2.24) is 9.88 Å². The zero-order valence-electron chi connectivity index (χ0n) is 15.1. The third-order valence-electron chi connectivity index (χ3n) is 5.37. The van der Waals surface area contributed by atoms with Gasteiger partial charge in [-0.25, -0.2) is 0 Å². The second kappa shape index (κ2) is 8.09. The molecule has 0 saturated heterocycles. The maximum atomic E-state index is 12.9. The number of fused-ring (bicyclic) bond motifs is 1. The number of rotatable bonds is 6. The van der Waals surface area contributed by atoms with Gasteiger partial charge >= 0.3 is 0 Å². The van der Waals surface area contributed by atoms with Crippen LogP contribution in [0.25, 0.3) is 10.2 Å². The molecule has 0 atom stereocenters. The van der Waals surface area contributed by atoms with E-state index in [0.717, 1.165) is 37.9 Å². The number of hydrogen-bond donors (Lipinski definition) is 1. The lowest BCUT2D eigenvalue weighted by molar-refractivity contribution is 0.0918. The summed E-state index contributed by atoms with van der Waals surface area (Å²) in [5.74, 6) is 0.0972. The summed E-state index contributed by atoms with van der Waals surface area (Å²) in [5, 5.41) is 6.58. The molecule has 1 aliphatic carbocycles. The molecule has 0 unspecified atom stereocenters. The lowest BCUT2D eigenvalue weighted by atomic mass is 9.95. The second-order valence-corrected chi connectivity index (χ2v) is 8.15. The Bertz CT molecular complexity index is 859. The van der Waals surface area contributed by atoms with E-state index in [1.807, 2.05) is 0 Å². The number of nitrogens with zero attached hydrogens (tertiary/aromatic N) is 1. The van der Waals surface area contributed by atoms with Crippen molar-refractivity contribution in [2.75, 3.05) is 0 Å². The van der Waals surface area contributed by atoms with E-state index in [4.69, 9.17) is 0 Å². The molecule has 0 aliphatic heterocycles. The summed E-state index contributed by atoms with van der Waals surface area (Å²) >= 11 is 1.73. The van der Waals surface area contributed by atoms with Crippen LogP contribution >= 0.6 is 11.3 Å². The molecule has 1 aromatic carbocycles. The van der Waals surface area contributed by atoms with Crippen molar-refractivity contribution in [1.29, 1.82) is 0 Å². The fraction of sp³-hybridized carbons (Fsp3) is 0.409. The van der Waals surface area contributed by atoms with Crippen molar-refractivity contribution >= 4 is 27.5 Å². The maximum Gasteiger partial charge on any atom is 0.268 e. The Morgan fingerprint density at radius 2 is 1.92 bits per heavy atom. The molecule has 1 fully saturated rings. The summed E-state index contributed by atoms with van der Waals surface area (Å²) in [5.41, 5.74) is 2.18. The van der Waals surface area contributed by atoms with Crippen molar-refractivity contribution in [3.8, 4) is 0 Å². The predicted molar refractivity (Wildman–Crippen MR) is 109 cm³/mol. The highest BCUT2D eigenvalue weighted by molar-refractivity contribution is 7.16. The van der Waals surface area contributed by atoms with Gasteiger partial charge in [-0.2, -0.15) is 0 Å². The molecule has 0 radical (unpaired) electrons. The van der Waals surface area contributed by atoms with E-state index >= 15 is 0 Å². The van der Waals surface area contributed by atoms with Crippen LogP contribution in [0, 0.1) is 0 Å². The van der Waals surface area contributed by atoms with Crippen molar-refractivity contribution in [3.63, 3.8) is 0 Å². The highest BCUT2D eigenvalue weighted by Gasteiger charge is 2.20. The van der Waals surface area contributed by atoms with Gasteiger partial charge in [0.05, 0.1) is 0 Å². The molecule has 1 aliphatic rings. The molecular formula is C22H26N2OS. The number of hydrogen-bond acceptors (Lipinski definition) is 2. The fourth-order valence-electron chi connectivity index (χ4n) is 3.98. The minimum absolute atomic E-state index is 0.0972. The predicted octanol–water partition coefficient (Wildman–Crippen LogP) is 5.40. The summed E-state index contributed by atoms with van der Waals surface area (Å²) in [4.78, 5) is 14.1. The quantitative estimate of drug-likeness (QED) is 0.623. The third kappa shape index (κ3) is 3.85. The molecule has 4 heteroatoms. The van der Waals surface area contributed by atoms with Gasteiger partial charge in [-0.15, -0.1) is 11.3 Å². The average Bonchev–Trinajstić information content (AvgIpc) is 3.26. The number of aryl methyl sites for hydroxylation is 2. The molecule has 3 nitrogen and oxygen atoms in total. The Labute approximate surface area is 159 Å². The first kappa shape index (κ1) is 17.3. The van der Waals surface area contributed by atoms with Gasteiger partial charge in [0.2, 0.25) is 0 Å². The first-order valence-electron chi connectivity index (χ1n) is 9.73. The van der Waals surface area contributed by atoms with Gasteiger partial charge in [0.15, 0.2) is 0 Å². The molecule has 136 valence electrons. The van der Waals surface area contributed by atoms with Gasteiger partial charge < -0.3 is 9.88 Å². The van der Waals surface area contributed by atoms with Crippen molar-refractivity contribution in [2.24, 2.45) is 0 Å². The number of aromatic nitrogens is 1. The fourth-order valence-corrected chi connectivity index (χ4v) is 4.90. The summed E-state index contributed by atoms with van der Waals surface area (Å²) in [7, 11) is 0. The Morgan fingerprint density at radius 1 is 1.12 bits per heavy atom. The molecular weight excluding hydrogens is 340 g/mol. The minimum Gasteiger partial charge on any atom is -0.348 e. The highest BCUT2D eigenvalue weighted by Crippen LogP contribution is 2.26. The van der Waals surface area contributed by atoms with E-state index in [1.165, 1.54) is 35.0 Å². The zero-order chi connectivity index (χ0) is 17.8. The van der Waals surface area contributed by atoms with Crippen LogP contribution in [-0.2, 0) is 13.0 Å². The van der Waals surface area contributed by atoms with E-state index in [-0.39, 0.29) is 5.91 Å². The normalized spacial score (nSPS) is 15.4. The average molecular weight is 367 g/mol. The molecule has 1 saturated carbocycles. The first-order valence-corrected chi connectivity index (χ1v) is 10.6. The monoisotopic (exact) mass is 366 g/mol. The molecule has 4 rings (SSSR count). The van der Waals surface area contributed by atoms with Crippen LogP contribution in [0.1, 0.15) is 54.6 Å². The van der Waals surface area contributed by atoms with E-state index in [0.29, 0.717) is 6.04 Å². The zero-order valence-corrected chi connectivity index (χ0v) is 15.9. The van der Waals surface area contributed by atoms with Crippen LogP contribution in [0.5, 0.6) is 0 Å². The summed E-state index contributed by atoms with van der Waals surface area (Å²) < 4.78 is 2.22. The van der Waals surface area contributed by atoms with Gasteiger partial charge in [0.25, 0.3) is 5.91 Å². The first-order chi connectivity index (χ1) is 12.8. The standard InChI is InChI=1S/C22H26N2OS/c25-21(23-19-11-5-2-6-12-19)20-16-18-13-15-26-22(18)24(20)14-7-10-17-8-3-1-4-9-17/h1,3-4,8-9,13,15-16,19H,2,5-7,10-12,14H2,(H,23,25). The van der Waals surface area contributed by atoms with Gasteiger partial charge in [-0.05, 0) is 48.8 Å². The Balaban J connectivity index is 1.48. The molecule has 26 heavy (non-hydrogen) atoms. The molecule has 0 bridgehead atoms. The van der Waals surface area contributed by atoms with Crippen LogP contribution in [0.4, 0.5) is 0 Å². The number of benzene rings is 1. The molecule has 1 amide bonds. The minimum atomic E-state index is 0.0972. The van der Waals surface area contributed by atoms with Gasteiger partial charge in [-0.3, -0.25) is 4.79 Å². The lowest BCUT2D eigenvalue weighted by Crippen LogP contribution is -2.37. The number of amides is 1. The summed E-state index contributed by atoms with van der Waals surface area (Å²) in [6.45, 7) is 0.881. The van der Waals surface area contributed by atoms with E-state index < -0.39 is 0 Å². The van der Waals surface area contributed by atoms with Crippen LogP contribution in [0.15, 0.2) is 47.8 Å². The van der Waals surface area contributed by atoms with Gasteiger partial charge in [-0.1, -0.05) is 49.6 Å². The number of thiophene rings is 1. The van der Waals surface area contributed by atoms with Crippen LogP contribution in [-0.4, -0.2) is 16.5 Å². The molecule has 3 aromatic rings. The van der Waals surface area contributed by atoms with Crippen LogP contribution < -0.4 is 5.32 Å². The second-order valence-electron chi connectivity index (χ2n) is 7.26. The van der Waals surface area contributed by atoms with Crippen LogP contribution in [0.2, 0.25) is 0 Å². The molecule has 1 N–H and O–H groups in total. The smallest absolute Gasteiger partial charge is 0.268 e. The highest BCUT2D eigenvalue weighted by atomic mass is 32.1. The molecule has 0 spiro atoms. The van der Waals surface area contributed by atoms with E-state index in [1.54, 1.807) is 11.3 Å². The summed E-state index contributed by atoms with van der Waals surface area (Å²) in [6, 6.07) is 15.1. The van der Waals surface area contributed by atoms with E-state index in [2.05, 4.69) is 57.7 Å². The molecule has 2 heterocycles. The van der Waals surface area contributed by atoms with Gasteiger partial charge in [0.1, 0.15) is 10.5 Å². The number of carbonyl (C=O) groups excluding carboxylic acids is 1. The maximum absolute atomic E-state index is 12.9. The van der Waals surface area contributed by atoms with Crippen molar-refractivity contribution < 1.29 is 4.79 Å². The largest absolute Gasteiger partial charge is 0.348 e. The molecule has 2 aromatic heterocycles. The Kier molecular flexibility index (Phi) is 5.40.